The highest BCUT2D eigenvalue weighted by Crippen LogP contribution is 1.97. The van der Waals surface area contributed by atoms with E-state index in [1.165, 1.54) is 0 Å². The van der Waals surface area contributed by atoms with Crippen molar-refractivity contribution < 1.29 is 156 Å². The van der Waals surface area contributed by atoms with Crippen LogP contribution < -0.4 is 0 Å². The van der Waals surface area contributed by atoms with E-state index in [1.807, 2.05) is 0 Å². The van der Waals surface area contributed by atoms with Crippen LogP contribution in [0.3, 0.4) is 0 Å². The van der Waals surface area contributed by atoms with Gasteiger partial charge >= 0.3 is 0 Å². The highest BCUT2D eigenvalue weighted by molar-refractivity contribution is 7.93. The molecule has 0 aliphatic carbocycles. The quantitative estimate of drug-likeness (QED) is 0.0364. The van der Waals surface area contributed by atoms with Crippen molar-refractivity contribution in [3.05, 3.63) is 0 Å². The summed E-state index contributed by atoms with van der Waals surface area (Å²) >= 11 is 1.04. The Kier molecular flexibility index (Phi) is 95.1. The van der Waals surface area contributed by atoms with Crippen LogP contribution in [0.5, 0.6) is 0 Å². The van der Waals surface area contributed by atoms with E-state index in [-0.39, 0.29) is 6.61 Å². The van der Waals surface area contributed by atoms with Crippen LogP contribution in [-0.2, 0) is 156 Å². The van der Waals surface area contributed by atoms with E-state index in [2.05, 4.69) is 16.3 Å². The van der Waals surface area contributed by atoms with Gasteiger partial charge in [0.2, 0.25) is 0 Å². The van der Waals surface area contributed by atoms with E-state index in [1.54, 1.807) is 6.26 Å². The molecule has 0 fully saturated rings. The van der Waals surface area contributed by atoms with Crippen LogP contribution in [0.15, 0.2) is 0 Å². The van der Waals surface area contributed by atoms with Crippen molar-refractivity contribution in [1.82, 2.24) is 0 Å². The van der Waals surface area contributed by atoms with Gasteiger partial charge in [0, 0.05) is 24.9 Å². The maximum Gasteiger partial charge on any atom is 0.109 e. The molecule has 0 aromatic heterocycles. The molecule has 590 valence electrons. The van der Waals surface area contributed by atoms with Crippen molar-refractivity contribution in [2.45, 2.75) is 13.3 Å². The van der Waals surface area contributed by atoms with Gasteiger partial charge in [-0.3, -0.25) is 0 Å². The number of hydrogen-bond donors (Lipinski definition) is 0. The predicted molar refractivity (Wildman–Crippen MR) is 356 cm³/mol. The third-order valence-corrected chi connectivity index (χ3v) is 11.8. The molecule has 0 saturated heterocycles. The van der Waals surface area contributed by atoms with Gasteiger partial charge in [0.05, 0.1) is 390 Å². The second kappa shape index (κ2) is 96.0. The molecule has 0 aromatic rings. The Morgan fingerprint density at radius 1 is 0.133 bits per heavy atom. The van der Waals surface area contributed by atoms with Crippen LogP contribution in [0, 0.1) is 0 Å². The van der Waals surface area contributed by atoms with Crippen LogP contribution in [0.4, 0.5) is 0 Å². The fourth-order valence-electron chi connectivity index (χ4n) is 6.80. The Balaban J connectivity index is 3.09. The Morgan fingerprint density at radius 2 is 0.224 bits per heavy atom. The van der Waals surface area contributed by atoms with Crippen molar-refractivity contribution >= 4 is 12.0 Å². The molecule has 0 amide bonds. The molecule has 0 saturated carbocycles. The fourth-order valence-corrected chi connectivity index (χ4v) is 6.89. The zero-order valence-electron chi connectivity index (χ0n) is 59.7. The second-order valence-corrected chi connectivity index (χ2v) is 20.0. The summed E-state index contributed by atoms with van der Waals surface area (Å²) in [5, 5.41) is 4.37. The summed E-state index contributed by atoms with van der Waals surface area (Å²) in [6.07, 6.45) is 2.73. The van der Waals surface area contributed by atoms with Gasteiger partial charge in [0.1, 0.15) is 6.61 Å². The van der Waals surface area contributed by atoms with E-state index in [0.717, 1.165) is 25.1 Å². The molecule has 98 heavy (non-hydrogen) atoms. The molecule has 0 spiro atoms. The third kappa shape index (κ3) is 95.0. The van der Waals surface area contributed by atoms with Gasteiger partial charge in [-0.1, -0.05) is 12.0 Å². The molecule has 0 rings (SSSR count). The summed E-state index contributed by atoms with van der Waals surface area (Å²) < 4.78 is 169. The summed E-state index contributed by atoms with van der Waals surface area (Å²) in [6, 6.07) is 0. The highest BCUT2D eigenvalue weighted by Gasteiger charge is 2.02. The molecule has 0 N–H and O–H groups in total. The molecule has 0 heterocycles. The maximum atomic E-state index is 5.54. The Hall–Kier alpha value is -0.970. The summed E-state index contributed by atoms with van der Waals surface area (Å²) in [4.78, 5) is 4.70. The van der Waals surface area contributed by atoms with E-state index in [4.69, 9.17) is 147 Å². The first kappa shape index (κ1) is 97.0. The largest absolute Gasteiger partial charge is 0.379 e. The van der Waals surface area contributed by atoms with E-state index in [9.17, 15) is 0 Å². The Morgan fingerprint density at radius 3 is 0.316 bits per heavy atom. The van der Waals surface area contributed by atoms with Gasteiger partial charge in [-0.2, -0.15) is 0 Å². The predicted octanol–water partition coefficient (Wildman–Crippen LogP) is 2.05. The summed E-state index contributed by atoms with van der Waals surface area (Å²) in [6.45, 7) is 32.0. The van der Waals surface area contributed by atoms with Crippen molar-refractivity contribution in [2.75, 3.05) is 409 Å². The van der Waals surface area contributed by atoms with Crippen LogP contribution in [-0.4, -0.2) is 409 Å². The summed E-state index contributed by atoms with van der Waals surface area (Å²) in [5.74, 6) is 0. The lowest BCUT2D eigenvalue weighted by Gasteiger charge is -2.09. The fraction of sp³-hybridized carbons (Fsp3) is 1.00. The molecule has 34 heteroatoms. The number of ether oxygens (including phenoxy) is 30. The minimum Gasteiger partial charge on any atom is -0.379 e. The lowest BCUT2D eigenvalue weighted by molar-refractivity contribution is -0.461. The van der Waals surface area contributed by atoms with E-state index in [0.29, 0.717) is 390 Å². The average molecular weight is 1460 g/mol. The van der Waals surface area contributed by atoms with Crippen LogP contribution >= 0.6 is 12.0 Å². The highest BCUT2D eigenvalue weighted by atomic mass is 32.2. The van der Waals surface area contributed by atoms with E-state index < -0.39 is 0 Å². The zero-order valence-corrected chi connectivity index (χ0v) is 60.5. The van der Waals surface area contributed by atoms with Crippen LogP contribution in [0.25, 0.3) is 0 Å². The van der Waals surface area contributed by atoms with Crippen molar-refractivity contribution in [1.29, 1.82) is 0 Å². The van der Waals surface area contributed by atoms with Crippen LogP contribution in [0.1, 0.15) is 13.3 Å². The molecule has 0 atom stereocenters. The minimum atomic E-state index is 0.267. The average Bonchev–Trinajstić information content (AvgIpc) is 3.63. The van der Waals surface area contributed by atoms with Gasteiger partial charge in [0.15, 0.2) is 0 Å². The lowest BCUT2D eigenvalue weighted by Crippen LogP contribution is -2.16. The topological polar surface area (TPSA) is 305 Å². The van der Waals surface area contributed by atoms with Gasteiger partial charge in [0.25, 0.3) is 0 Å². The summed E-state index contributed by atoms with van der Waals surface area (Å²) in [5.41, 5.74) is 0. The molecule has 0 unspecified atom stereocenters. The third-order valence-electron chi connectivity index (χ3n) is 11.6. The minimum absolute atomic E-state index is 0.267. The van der Waals surface area contributed by atoms with Gasteiger partial charge in [-0.15, -0.1) is 4.33 Å². The molecule has 0 aromatic carbocycles. The summed E-state index contributed by atoms with van der Waals surface area (Å²) in [7, 11) is 0. The zero-order chi connectivity index (χ0) is 69.9. The lowest BCUT2D eigenvalue weighted by atomic mass is 10.5. The van der Waals surface area contributed by atoms with Gasteiger partial charge in [-0.05, 0) is 6.42 Å². The van der Waals surface area contributed by atoms with Gasteiger partial charge < -0.3 is 142 Å². The normalized spacial score (nSPS) is 11.8. The number of hydrogen-bond acceptors (Lipinski definition) is 34. The molecule has 0 aliphatic rings. The van der Waals surface area contributed by atoms with E-state index >= 15 is 0 Å². The Bertz CT molecular complexity index is 1270. The smallest absolute Gasteiger partial charge is 0.109 e. The molecule has 0 radical (unpaired) electrons. The molecule has 0 bridgehead atoms. The first-order valence-electron chi connectivity index (χ1n) is 34.7. The Labute approximate surface area is 589 Å². The SMILES string of the molecule is CCCOCCOCCOCCOCCOCCOCCOCCOCCOCCOCCOCCOCCOCCOCCOCCOCCOCCOCCOCCOCCOCCOCCOCCOCCOCCOCCOCCOCCOCCOCCOOOSC. The molecular formula is C64H130O33S. The van der Waals surface area contributed by atoms with Gasteiger partial charge in [-0.25, -0.2) is 4.89 Å². The molecular weight excluding hydrogens is 1330 g/mol. The van der Waals surface area contributed by atoms with Crippen molar-refractivity contribution in [3.8, 4) is 0 Å². The van der Waals surface area contributed by atoms with Crippen molar-refractivity contribution in [3.63, 3.8) is 0 Å². The van der Waals surface area contributed by atoms with Crippen LogP contribution in [0.2, 0.25) is 0 Å². The maximum absolute atomic E-state index is 5.54. The first-order chi connectivity index (χ1) is 48.9. The first-order valence-corrected chi connectivity index (χ1v) is 35.9. The molecule has 0 aliphatic heterocycles. The van der Waals surface area contributed by atoms with Crippen molar-refractivity contribution in [2.24, 2.45) is 0 Å². The molecule has 33 nitrogen and oxygen atoms in total. The monoisotopic (exact) mass is 1460 g/mol. The standard InChI is InChI=1S/C64H130O33S/c1-3-4-65-5-6-66-7-8-67-9-10-68-11-12-69-13-14-70-15-16-71-17-18-72-19-20-73-21-22-74-23-24-75-25-26-76-27-28-77-29-30-78-31-32-79-33-34-80-35-36-81-37-38-82-39-40-83-41-42-84-43-44-85-45-46-86-47-48-87-49-50-88-51-52-89-53-54-90-55-56-91-57-58-92-59-60-93-61-62-94-63-64-95-96-97-98-2/h3-64H2,1-2H3. The second-order valence-electron chi connectivity index (χ2n) is 19.5. The number of rotatable bonds is 95.